The predicted octanol–water partition coefficient (Wildman–Crippen LogP) is 3.86. The second-order valence-electron chi connectivity index (χ2n) is 3.58. The molecule has 14 heavy (non-hydrogen) atoms. The molecule has 1 aromatic carbocycles. The maximum absolute atomic E-state index is 5.74. The molecule has 0 heterocycles. The molecule has 78 valence electrons. The van der Waals surface area contributed by atoms with Crippen LogP contribution in [0.2, 0.25) is 0 Å². The predicted molar refractivity (Wildman–Crippen MR) is 65.8 cm³/mol. The molecule has 0 aliphatic carbocycles. The first kappa shape index (κ1) is 11.4. The van der Waals surface area contributed by atoms with Crippen LogP contribution in [-0.2, 0) is 0 Å². The molecule has 0 atom stereocenters. The van der Waals surface area contributed by atoms with Crippen LogP contribution < -0.4 is 5.73 Å². The number of rotatable bonds is 5. The minimum absolute atomic E-state index is 0.869. The van der Waals surface area contributed by atoms with Crippen LogP contribution in [0.5, 0.6) is 0 Å². The van der Waals surface area contributed by atoms with E-state index in [1.807, 2.05) is 17.8 Å². The second kappa shape index (κ2) is 5.97. The zero-order chi connectivity index (χ0) is 10.4. The van der Waals surface area contributed by atoms with E-state index >= 15 is 0 Å². The number of hydrogen-bond donors (Lipinski definition) is 1. The molecule has 1 aromatic rings. The van der Waals surface area contributed by atoms with Gasteiger partial charge in [0, 0.05) is 10.6 Å². The van der Waals surface area contributed by atoms with E-state index in [2.05, 4.69) is 26.0 Å². The van der Waals surface area contributed by atoms with Gasteiger partial charge in [0.15, 0.2) is 0 Å². The van der Waals surface area contributed by atoms with E-state index in [1.165, 1.54) is 35.5 Å². The van der Waals surface area contributed by atoms with Gasteiger partial charge in [0.1, 0.15) is 0 Å². The standard InChI is InChI=1S/C12H19NS/c1-3-4-5-8-14-12-9-11(13)7-6-10(12)2/h6-7,9H,3-5,8,13H2,1-2H3. The normalized spacial score (nSPS) is 10.4. The van der Waals surface area contributed by atoms with Crippen molar-refractivity contribution in [2.24, 2.45) is 0 Å². The van der Waals surface area contributed by atoms with E-state index in [-0.39, 0.29) is 0 Å². The summed E-state index contributed by atoms with van der Waals surface area (Å²) < 4.78 is 0. The quantitative estimate of drug-likeness (QED) is 0.453. The van der Waals surface area contributed by atoms with Crippen LogP contribution in [0.4, 0.5) is 5.69 Å². The van der Waals surface area contributed by atoms with Crippen molar-refractivity contribution in [1.82, 2.24) is 0 Å². The molecule has 0 aromatic heterocycles. The third kappa shape index (κ3) is 3.62. The van der Waals surface area contributed by atoms with Crippen LogP contribution >= 0.6 is 11.8 Å². The number of anilines is 1. The van der Waals surface area contributed by atoms with Gasteiger partial charge in [-0.15, -0.1) is 11.8 Å². The van der Waals surface area contributed by atoms with Crippen LogP contribution in [0.15, 0.2) is 23.1 Å². The molecule has 2 heteroatoms. The summed E-state index contributed by atoms with van der Waals surface area (Å²) in [6.07, 6.45) is 3.92. The number of unbranched alkanes of at least 4 members (excludes halogenated alkanes) is 2. The highest BCUT2D eigenvalue weighted by atomic mass is 32.2. The molecule has 0 aliphatic heterocycles. The molecule has 0 saturated carbocycles. The van der Waals surface area contributed by atoms with Crippen molar-refractivity contribution in [3.63, 3.8) is 0 Å². The van der Waals surface area contributed by atoms with Crippen LogP contribution in [0.1, 0.15) is 31.7 Å². The average Bonchev–Trinajstić information content (AvgIpc) is 2.18. The molecule has 1 rings (SSSR count). The van der Waals surface area contributed by atoms with Crippen molar-refractivity contribution >= 4 is 17.4 Å². The lowest BCUT2D eigenvalue weighted by molar-refractivity contribution is 0.778. The minimum Gasteiger partial charge on any atom is -0.399 e. The highest BCUT2D eigenvalue weighted by Gasteiger charge is 1.99. The van der Waals surface area contributed by atoms with E-state index in [9.17, 15) is 0 Å². The maximum Gasteiger partial charge on any atom is 0.0325 e. The van der Waals surface area contributed by atoms with Crippen LogP contribution in [0.3, 0.4) is 0 Å². The lowest BCUT2D eigenvalue weighted by Gasteiger charge is -2.06. The Hall–Kier alpha value is -0.630. The molecule has 0 aliphatic rings. The van der Waals surface area contributed by atoms with Gasteiger partial charge >= 0.3 is 0 Å². The van der Waals surface area contributed by atoms with Gasteiger partial charge in [0.25, 0.3) is 0 Å². The number of aryl methyl sites for hydroxylation is 1. The zero-order valence-electron chi connectivity index (χ0n) is 9.05. The van der Waals surface area contributed by atoms with Crippen LogP contribution in [0, 0.1) is 6.92 Å². The summed E-state index contributed by atoms with van der Waals surface area (Å²) in [7, 11) is 0. The molecule has 0 amide bonds. The summed E-state index contributed by atoms with van der Waals surface area (Å²) in [5.74, 6) is 1.21. The first-order valence-corrected chi connectivity index (χ1v) is 6.21. The smallest absolute Gasteiger partial charge is 0.0325 e. The summed E-state index contributed by atoms with van der Waals surface area (Å²) >= 11 is 1.92. The molecule has 0 saturated heterocycles. The van der Waals surface area contributed by atoms with Crippen LogP contribution in [0.25, 0.3) is 0 Å². The van der Waals surface area contributed by atoms with Gasteiger partial charge in [-0.05, 0) is 36.8 Å². The first-order chi connectivity index (χ1) is 6.74. The Morgan fingerprint density at radius 2 is 2.07 bits per heavy atom. The van der Waals surface area contributed by atoms with Crippen molar-refractivity contribution in [2.75, 3.05) is 11.5 Å². The lowest BCUT2D eigenvalue weighted by Crippen LogP contribution is -1.88. The highest BCUT2D eigenvalue weighted by Crippen LogP contribution is 2.25. The molecular formula is C12H19NS. The van der Waals surface area contributed by atoms with Crippen molar-refractivity contribution in [3.05, 3.63) is 23.8 Å². The summed E-state index contributed by atoms with van der Waals surface area (Å²) in [5, 5.41) is 0. The molecule has 0 radical (unpaired) electrons. The lowest BCUT2D eigenvalue weighted by atomic mass is 10.2. The third-order valence-electron chi connectivity index (χ3n) is 2.22. The Balaban J connectivity index is 2.45. The van der Waals surface area contributed by atoms with Gasteiger partial charge in [0.2, 0.25) is 0 Å². The Bertz CT molecular complexity index is 284. The highest BCUT2D eigenvalue weighted by molar-refractivity contribution is 7.99. The zero-order valence-corrected chi connectivity index (χ0v) is 9.86. The number of thioether (sulfide) groups is 1. The molecule has 0 unspecified atom stereocenters. The third-order valence-corrected chi connectivity index (χ3v) is 3.46. The van der Waals surface area contributed by atoms with Gasteiger partial charge in [0.05, 0.1) is 0 Å². The van der Waals surface area contributed by atoms with Gasteiger partial charge in [-0.2, -0.15) is 0 Å². The van der Waals surface area contributed by atoms with E-state index in [4.69, 9.17) is 5.73 Å². The van der Waals surface area contributed by atoms with Crippen LogP contribution in [-0.4, -0.2) is 5.75 Å². The van der Waals surface area contributed by atoms with Crippen molar-refractivity contribution in [3.8, 4) is 0 Å². The number of benzene rings is 1. The Kier molecular flexibility index (Phi) is 4.88. The summed E-state index contributed by atoms with van der Waals surface area (Å²) in [6, 6.07) is 6.13. The fourth-order valence-electron chi connectivity index (χ4n) is 1.31. The number of nitrogens with two attached hydrogens (primary N) is 1. The van der Waals surface area contributed by atoms with Gasteiger partial charge in [-0.1, -0.05) is 25.8 Å². The average molecular weight is 209 g/mol. The molecule has 0 spiro atoms. The topological polar surface area (TPSA) is 26.0 Å². The van der Waals surface area contributed by atoms with Gasteiger partial charge in [-0.25, -0.2) is 0 Å². The minimum atomic E-state index is 0.869. The fraction of sp³-hybridized carbons (Fsp3) is 0.500. The monoisotopic (exact) mass is 209 g/mol. The number of hydrogen-bond acceptors (Lipinski definition) is 2. The van der Waals surface area contributed by atoms with E-state index in [0.29, 0.717) is 0 Å². The summed E-state index contributed by atoms with van der Waals surface area (Å²) in [5.41, 5.74) is 7.95. The SMILES string of the molecule is CCCCCSc1cc(N)ccc1C. The Morgan fingerprint density at radius 3 is 2.79 bits per heavy atom. The van der Waals surface area contributed by atoms with Gasteiger partial charge in [-0.3, -0.25) is 0 Å². The van der Waals surface area contributed by atoms with E-state index in [0.717, 1.165) is 5.69 Å². The first-order valence-electron chi connectivity index (χ1n) is 5.23. The fourth-order valence-corrected chi connectivity index (χ4v) is 2.39. The maximum atomic E-state index is 5.74. The second-order valence-corrected chi connectivity index (χ2v) is 4.72. The largest absolute Gasteiger partial charge is 0.399 e. The Morgan fingerprint density at radius 1 is 1.29 bits per heavy atom. The summed E-state index contributed by atoms with van der Waals surface area (Å²) in [4.78, 5) is 1.33. The van der Waals surface area contributed by atoms with Crippen molar-refractivity contribution < 1.29 is 0 Å². The Labute approximate surface area is 91.1 Å². The van der Waals surface area contributed by atoms with Crippen molar-refractivity contribution in [2.45, 2.75) is 38.0 Å². The molecule has 0 fully saturated rings. The summed E-state index contributed by atoms with van der Waals surface area (Å²) in [6.45, 7) is 4.37. The van der Waals surface area contributed by atoms with Gasteiger partial charge < -0.3 is 5.73 Å². The number of nitrogen functional groups attached to an aromatic ring is 1. The van der Waals surface area contributed by atoms with E-state index < -0.39 is 0 Å². The molecule has 1 nitrogen and oxygen atoms in total. The van der Waals surface area contributed by atoms with E-state index in [1.54, 1.807) is 0 Å². The van der Waals surface area contributed by atoms with Crippen molar-refractivity contribution in [1.29, 1.82) is 0 Å². The molecular weight excluding hydrogens is 190 g/mol. The molecule has 0 bridgehead atoms. The molecule has 2 N–H and O–H groups in total.